The van der Waals surface area contributed by atoms with Crippen molar-refractivity contribution in [3.05, 3.63) is 63.9 Å². The summed E-state index contributed by atoms with van der Waals surface area (Å²) in [6.07, 6.45) is 1.27. The molecule has 1 aliphatic heterocycles. The maximum absolute atomic E-state index is 13.7. The van der Waals surface area contributed by atoms with Crippen LogP contribution in [0.25, 0.3) is 0 Å². The molecule has 1 amide bonds. The Morgan fingerprint density at radius 2 is 1.96 bits per heavy atom. The fraction of sp³-hybridized carbons (Fsp3) is 0.333. The minimum absolute atomic E-state index is 0.0895. The first kappa shape index (κ1) is 20.1. The molecule has 2 aromatic carbocycles. The number of rotatable bonds is 6. The van der Waals surface area contributed by atoms with Crippen LogP contribution in [-0.4, -0.2) is 41.1 Å². The van der Waals surface area contributed by atoms with Crippen LogP contribution in [0.2, 0.25) is 5.02 Å². The number of halogens is 2. The fourth-order valence-corrected chi connectivity index (χ4v) is 3.58. The fourth-order valence-electron chi connectivity index (χ4n) is 3.47. The van der Waals surface area contributed by atoms with Crippen molar-refractivity contribution < 1.29 is 23.8 Å². The number of hydrogen-bond acceptors (Lipinski definition) is 3. The van der Waals surface area contributed by atoms with Gasteiger partial charge in [-0.2, -0.15) is 0 Å². The SMILES string of the molecule is CN(CC(=O)O)C(=O)Cc1ccc2c(c1)C[C@](C)(Cc1ccc(Cl)c(F)c1)O2. The number of hydrogen-bond donors (Lipinski definition) is 1. The Morgan fingerprint density at radius 3 is 2.64 bits per heavy atom. The summed E-state index contributed by atoms with van der Waals surface area (Å²) < 4.78 is 19.8. The number of ether oxygens (including phenoxy) is 1. The van der Waals surface area contributed by atoms with Gasteiger partial charge in [0, 0.05) is 19.9 Å². The summed E-state index contributed by atoms with van der Waals surface area (Å²) in [7, 11) is 1.47. The number of aliphatic carboxylic acids is 1. The maximum atomic E-state index is 13.7. The first-order chi connectivity index (χ1) is 13.1. The third-order valence-electron chi connectivity index (χ3n) is 4.76. The predicted molar refractivity (Wildman–Crippen MR) is 103 cm³/mol. The number of carboxylic acid groups (broad SMARTS) is 1. The van der Waals surface area contributed by atoms with E-state index in [0.29, 0.717) is 12.8 Å². The average Bonchev–Trinajstić information content (AvgIpc) is 2.92. The second-order valence-electron chi connectivity index (χ2n) is 7.42. The number of amides is 1. The Bertz CT molecular complexity index is 933. The van der Waals surface area contributed by atoms with Crippen molar-refractivity contribution in [2.75, 3.05) is 13.6 Å². The van der Waals surface area contributed by atoms with Crippen LogP contribution in [0.3, 0.4) is 0 Å². The van der Waals surface area contributed by atoms with Gasteiger partial charge in [0.15, 0.2) is 0 Å². The smallest absolute Gasteiger partial charge is 0.323 e. The lowest BCUT2D eigenvalue weighted by Gasteiger charge is -2.24. The van der Waals surface area contributed by atoms with Gasteiger partial charge in [-0.05, 0) is 41.8 Å². The highest BCUT2D eigenvalue weighted by Crippen LogP contribution is 2.37. The molecule has 148 valence electrons. The summed E-state index contributed by atoms with van der Waals surface area (Å²) >= 11 is 5.74. The molecule has 5 nitrogen and oxygen atoms in total. The van der Waals surface area contributed by atoms with Crippen LogP contribution in [0, 0.1) is 5.82 Å². The number of likely N-dealkylation sites (N-methyl/N-ethyl adjacent to an activating group) is 1. The lowest BCUT2D eigenvalue weighted by molar-refractivity contribution is -0.143. The van der Waals surface area contributed by atoms with E-state index < -0.39 is 17.4 Å². The zero-order valence-corrected chi connectivity index (χ0v) is 16.4. The summed E-state index contributed by atoms with van der Waals surface area (Å²) in [6.45, 7) is 1.63. The van der Waals surface area contributed by atoms with Gasteiger partial charge in [0.2, 0.25) is 5.91 Å². The topological polar surface area (TPSA) is 66.8 Å². The first-order valence-corrected chi connectivity index (χ1v) is 9.23. The quantitative estimate of drug-likeness (QED) is 0.798. The minimum Gasteiger partial charge on any atom is -0.487 e. The number of fused-ring (bicyclic) bond motifs is 1. The summed E-state index contributed by atoms with van der Waals surface area (Å²) in [6, 6.07) is 10.3. The van der Waals surface area contributed by atoms with Crippen molar-refractivity contribution in [3.8, 4) is 5.75 Å². The zero-order chi connectivity index (χ0) is 20.5. The molecule has 0 spiro atoms. The average molecular weight is 406 g/mol. The van der Waals surface area contributed by atoms with E-state index in [2.05, 4.69) is 0 Å². The zero-order valence-electron chi connectivity index (χ0n) is 15.7. The molecule has 0 unspecified atom stereocenters. The number of carboxylic acids is 1. The van der Waals surface area contributed by atoms with Gasteiger partial charge in [-0.3, -0.25) is 9.59 Å². The van der Waals surface area contributed by atoms with Crippen LogP contribution in [-0.2, 0) is 28.9 Å². The number of carbonyl (C=O) groups is 2. The van der Waals surface area contributed by atoms with Gasteiger partial charge >= 0.3 is 5.97 Å². The van der Waals surface area contributed by atoms with Crippen molar-refractivity contribution in [3.63, 3.8) is 0 Å². The highest BCUT2D eigenvalue weighted by Gasteiger charge is 2.35. The van der Waals surface area contributed by atoms with Gasteiger partial charge in [-0.15, -0.1) is 0 Å². The summed E-state index contributed by atoms with van der Waals surface area (Å²) in [5.41, 5.74) is 2.04. The minimum atomic E-state index is -1.05. The van der Waals surface area contributed by atoms with Crippen LogP contribution in [0.4, 0.5) is 4.39 Å². The third kappa shape index (κ3) is 4.62. The van der Waals surface area contributed by atoms with Gasteiger partial charge in [-0.25, -0.2) is 4.39 Å². The van der Waals surface area contributed by atoms with Gasteiger partial charge in [0.1, 0.15) is 23.7 Å². The molecule has 2 aromatic rings. The Balaban J connectivity index is 1.69. The second kappa shape index (κ2) is 7.80. The number of carbonyl (C=O) groups excluding carboxylic acids is 1. The lowest BCUT2D eigenvalue weighted by Crippen LogP contribution is -2.33. The Hall–Kier alpha value is -2.60. The van der Waals surface area contributed by atoms with E-state index in [9.17, 15) is 14.0 Å². The van der Waals surface area contributed by atoms with Gasteiger partial charge in [0.05, 0.1) is 11.4 Å². The van der Waals surface area contributed by atoms with Crippen molar-refractivity contribution >= 4 is 23.5 Å². The molecule has 1 heterocycles. The second-order valence-corrected chi connectivity index (χ2v) is 7.82. The van der Waals surface area contributed by atoms with Gasteiger partial charge in [0.25, 0.3) is 0 Å². The Morgan fingerprint density at radius 1 is 1.25 bits per heavy atom. The van der Waals surface area contributed by atoms with E-state index in [1.807, 2.05) is 19.1 Å². The van der Waals surface area contributed by atoms with Crippen LogP contribution in [0.5, 0.6) is 5.75 Å². The van der Waals surface area contributed by atoms with E-state index in [1.165, 1.54) is 24.1 Å². The van der Waals surface area contributed by atoms with Crippen molar-refractivity contribution in [2.24, 2.45) is 0 Å². The Kier molecular flexibility index (Phi) is 5.61. The first-order valence-electron chi connectivity index (χ1n) is 8.86. The molecular formula is C21H21ClFNO4. The molecule has 0 saturated carbocycles. The van der Waals surface area contributed by atoms with Crippen LogP contribution in [0.1, 0.15) is 23.6 Å². The van der Waals surface area contributed by atoms with Crippen molar-refractivity contribution in [1.82, 2.24) is 4.90 Å². The predicted octanol–water partition coefficient (Wildman–Crippen LogP) is 3.50. The maximum Gasteiger partial charge on any atom is 0.323 e. The Labute approximate surface area is 167 Å². The summed E-state index contributed by atoms with van der Waals surface area (Å²) in [4.78, 5) is 24.1. The van der Waals surface area contributed by atoms with E-state index in [0.717, 1.165) is 22.4 Å². The van der Waals surface area contributed by atoms with Crippen LogP contribution < -0.4 is 4.74 Å². The molecular weight excluding hydrogens is 385 g/mol. The molecule has 3 rings (SSSR count). The van der Waals surface area contributed by atoms with Crippen LogP contribution >= 0.6 is 11.6 Å². The van der Waals surface area contributed by atoms with Gasteiger partial charge in [-0.1, -0.05) is 29.8 Å². The van der Waals surface area contributed by atoms with E-state index >= 15 is 0 Å². The molecule has 28 heavy (non-hydrogen) atoms. The summed E-state index contributed by atoms with van der Waals surface area (Å²) in [5.74, 6) is -1.02. The molecule has 0 radical (unpaired) electrons. The third-order valence-corrected chi connectivity index (χ3v) is 5.07. The summed E-state index contributed by atoms with van der Waals surface area (Å²) in [5, 5.41) is 8.89. The van der Waals surface area contributed by atoms with Gasteiger partial charge < -0.3 is 14.7 Å². The van der Waals surface area contributed by atoms with E-state index in [-0.39, 0.29) is 23.9 Å². The molecule has 0 bridgehead atoms. The molecule has 1 N–H and O–H groups in total. The molecule has 0 fully saturated rings. The van der Waals surface area contributed by atoms with E-state index in [4.69, 9.17) is 21.4 Å². The molecule has 0 aromatic heterocycles. The number of nitrogens with zero attached hydrogens (tertiary/aromatic N) is 1. The van der Waals surface area contributed by atoms with Crippen LogP contribution in [0.15, 0.2) is 36.4 Å². The molecule has 1 atom stereocenters. The number of benzene rings is 2. The normalized spacial score (nSPS) is 17.7. The monoisotopic (exact) mass is 405 g/mol. The molecule has 7 heteroatoms. The molecule has 0 saturated heterocycles. The highest BCUT2D eigenvalue weighted by atomic mass is 35.5. The highest BCUT2D eigenvalue weighted by molar-refractivity contribution is 6.30. The molecule has 0 aliphatic carbocycles. The standard InChI is InChI=1S/C21H21ClFNO4/c1-21(10-14-3-5-16(22)17(23)8-14)11-15-7-13(4-6-18(15)28-21)9-19(25)24(2)12-20(26)27/h3-8H,9-12H2,1-2H3,(H,26,27)/t21-/m0/s1. The van der Waals surface area contributed by atoms with E-state index in [1.54, 1.807) is 12.1 Å². The largest absolute Gasteiger partial charge is 0.487 e. The lowest BCUT2D eigenvalue weighted by atomic mass is 9.91. The molecule has 1 aliphatic rings. The van der Waals surface area contributed by atoms with Crippen molar-refractivity contribution in [2.45, 2.75) is 31.8 Å². The van der Waals surface area contributed by atoms with Crippen molar-refractivity contribution in [1.29, 1.82) is 0 Å².